The Morgan fingerprint density at radius 1 is 1.00 bits per heavy atom. The Morgan fingerprint density at radius 3 is 2.07 bits per heavy atom. The normalized spacial score (nSPS) is 11.5. The summed E-state index contributed by atoms with van der Waals surface area (Å²) in [6.07, 6.45) is 1.21. The second-order valence-corrected chi connectivity index (χ2v) is 9.17. The zero-order valence-electron chi connectivity index (χ0n) is 17.2. The number of hydrogen-bond donors (Lipinski definition) is 1. The van der Waals surface area contributed by atoms with Crippen molar-refractivity contribution >= 4 is 21.6 Å². The third-order valence-electron chi connectivity index (χ3n) is 4.48. The van der Waals surface area contributed by atoms with E-state index in [0.717, 1.165) is 23.2 Å². The molecule has 1 amide bonds. The highest BCUT2D eigenvalue weighted by Gasteiger charge is 2.21. The number of likely N-dealkylation sites (N-methyl/N-ethyl adjacent to an activating group) is 1. The van der Waals surface area contributed by atoms with E-state index in [-0.39, 0.29) is 12.5 Å². The van der Waals surface area contributed by atoms with Gasteiger partial charge in [-0.15, -0.1) is 0 Å². The molecule has 2 rings (SSSR count). The number of anilines is 1. The third-order valence-corrected chi connectivity index (χ3v) is 5.59. The van der Waals surface area contributed by atoms with E-state index < -0.39 is 10.0 Å². The lowest BCUT2D eigenvalue weighted by Crippen LogP contribution is -2.31. The number of carbonyl (C=O) groups excluding carboxylic acids is 1. The summed E-state index contributed by atoms with van der Waals surface area (Å²) in [7, 11) is 0.440. The van der Waals surface area contributed by atoms with Crippen LogP contribution in [0.3, 0.4) is 0 Å². The van der Waals surface area contributed by atoms with Crippen LogP contribution in [0, 0.1) is 13.8 Å². The van der Waals surface area contributed by atoms with Crippen LogP contribution >= 0.6 is 0 Å². The lowest BCUT2D eigenvalue weighted by molar-refractivity contribution is 0.0951. The first-order chi connectivity index (χ1) is 13.1. The molecule has 0 fully saturated rings. The zero-order chi connectivity index (χ0) is 20.9. The molecule has 0 aliphatic carbocycles. The first-order valence-electron chi connectivity index (χ1n) is 9.15. The molecule has 0 aromatic heterocycles. The minimum absolute atomic E-state index is 0.136. The molecule has 2 aromatic rings. The Hall–Kier alpha value is -2.38. The summed E-state index contributed by atoms with van der Waals surface area (Å²) in [5, 5.41) is 2.87. The summed E-state index contributed by atoms with van der Waals surface area (Å²) in [5.74, 6) is -0.136. The van der Waals surface area contributed by atoms with Gasteiger partial charge in [0.2, 0.25) is 10.0 Å². The van der Waals surface area contributed by atoms with Gasteiger partial charge in [-0.1, -0.05) is 30.3 Å². The van der Waals surface area contributed by atoms with Crippen LogP contribution in [0.15, 0.2) is 42.5 Å². The smallest absolute Gasteiger partial charge is 0.251 e. The quantitative estimate of drug-likeness (QED) is 0.735. The largest absolute Gasteiger partial charge is 0.351 e. The molecule has 0 atom stereocenters. The van der Waals surface area contributed by atoms with Crippen LogP contribution in [0.5, 0.6) is 0 Å². The number of nitrogens with zero attached hydrogens (tertiary/aromatic N) is 2. The molecule has 28 heavy (non-hydrogen) atoms. The number of benzene rings is 2. The first kappa shape index (κ1) is 21.9. The van der Waals surface area contributed by atoms with Crippen LogP contribution in [0.4, 0.5) is 5.69 Å². The van der Waals surface area contributed by atoms with Crippen LogP contribution in [-0.4, -0.2) is 52.7 Å². The molecule has 0 heterocycles. The van der Waals surface area contributed by atoms with Gasteiger partial charge in [0.15, 0.2) is 0 Å². The molecule has 0 spiro atoms. The summed E-state index contributed by atoms with van der Waals surface area (Å²) < 4.78 is 26.3. The van der Waals surface area contributed by atoms with Crippen molar-refractivity contribution in [3.05, 3.63) is 64.7 Å². The highest BCUT2D eigenvalue weighted by atomic mass is 32.2. The second kappa shape index (κ2) is 9.21. The molecule has 7 heteroatoms. The van der Waals surface area contributed by atoms with Crippen molar-refractivity contribution in [1.29, 1.82) is 0 Å². The Kier molecular flexibility index (Phi) is 7.21. The van der Waals surface area contributed by atoms with E-state index in [9.17, 15) is 13.2 Å². The molecule has 1 N–H and O–H groups in total. The van der Waals surface area contributed by atoms with Crippen molar-refractivity contribution in [2.24, 2.45) is 0 Å². The van der Waals surface area contributed by atoms with Gasteiger partial charge in [0.25, 0.3) is 5.91 Å². The average Bonchev–Trinajstić information content (AvgIpc) is 2.60. The molecule has 6 nitrogen and oxygen atoms in total. The van der Waals surface area contributed by atoms with E-state index >= 15 is 0 Å². The Balaban J connectivity index is 2.19. The monoisotopic (exact) mass is 403 g/mol. The van der Waals surface area contributed by atoms with Gasteiger partial charge >= 0.3 is 0 Å². The number of nitrogens with one attached hydrogen (secondary N) is 1. The van der Waals surface area contributed by atoms with Gasteiger partial charge in [0.05, 0.1) is 18.5 Å². The van der Waals surface area contributed by atoms with Crippen LogP contribution in [0.2, 0.25) is 0 Å². The van der Waals surface area contributed by atoms with E-state index in [1.54, 1.807) is 24.3 Å². The highest BCUT2D eigenvalue weighted by Crippen LogP contribution is 2.28. The highest BCUT2D eigenvalue weighted by molar-refractivity contribution is 7.92. The molecular weight excluding hydrogens is 374 g/mol. The minimum atomic E-state index is -3.46. The maximum Gasteiger partial charge on any atom is 0.251 e. The fraction of sp³-hybridized carbons (Fsp3) is 0.381. The van der Waals surface area contributed by atoms with Gasteiger partial charge in [-0.05, 0) is 56.8 Å². The minimum Gasteiger partial charge on any atom is -0.351 e. The second-order valence-electron chi connectivity index (χ2n) is 7.27. The summed E-state index contributed by atoms with van der Waals surface area (Å²) in [4.78, 5) is 14.2. The maximum absolute atomic E-state index is 12.4. The molecule has 2 aromatic carbocycles. The zero-order valence-corrected chi connectivity index (χ0v) is 18.0. The number of para-hydroxylation sites is 1. The standard InChI is InChI=1S/C21H29N3O3S/c1-16-7-6-8-17(2)20(16)24(28(5,26)27)15-18-9-11-19(12-10-18)21(25)22-13-14-23(3)4/h6-12H,13-15H2,1-5H3,(H,22,25). The average molecular weight is 404 g/mol. The molecule has 0 bridgehead atoms. The van der Waals surface area contributed by atoms with E-state index in [2.05, 4.69) is 5.32 Å². The van der Waals surface area contributed by atoms with Crippen molar-refractivity contribution in [2.75, 3.05) is 37.7 Å². The van der Waals surface area contributed by atoms with E-state index in [1.807, 2.05) is 51.0 Å². The van der Waals surface area contributed by atoms with Crippen molar-refractivity contribution in [3.63, 3.8) is 0 Å². The van der Waals surface area contributed by atoms with E-state index in [1.165, 1.54) is 10.6 Å². The topological polar surface area (TPSA) is 69.7 Å². The lowest BCUT2D eigenvalue weighted by atomic mass is 10.1. The molecule has 0 radical (unpaired) electrons. The summed E-state index contributed by atoms with van der Waals surface area (Å²) in [6, 6.07) is 12.8. The number of aryl methyl sites for hydroxylation is 2. The molecule has 152 valence electrons. The van der Waals surface area contributed by atoms with Gasteiger partial charge in [-0.25, -0.2) is 8.42 Å². The number of hydrogen-bond acceptors (Lipinski definition) is 4. The number of carbonyl (C=O) groups is 1. The summed E-state index contributed by atoms with van der Waals surface area (Å²) >= 11 is 0. The predicted molar refractivity (Wildman–Crippen MR) is 114 cm³/mol. The molecule has 0 saturated carbocycles. The fourth-order valence-corrected chi connectivity index (χ4v) is 3.99. The third kappa shape index (κ3) is 5.81. The Morgan fingerprint density at radius 2 is 1.57 bits per heavy atom. The van der Waals surface area contributed by atoms with Crippen molar-refractivity contribution < 1.29 is 13.2 Å². The van der Waals surface area contributed by atoms with Gasteiger partial charge < -0.3 is 10.2 Å². The van der Waals surface area contributed by atoms with Crippen molar-refractivity contribution in [1.82, 2.24) is 10.2 Å². The van der Waals surface area contributed by atoms with Crippen LogP contribution in [-0.2, 0) is 16.6 Å². The van der Waals surface area contributed by atoms with E-state index in [0.29, 0.717) is 17.8 Å². The molecule has 0 unspecified atom stereocenters. The number of rotatable bonds is 8. The molecule has 0 aliphatic rings. The Bertz CT molecular complexity index is 902. The number of amides is 1. The molecule has 0 saturated heterocycles. The lowest BCUT2D eigenvalue weighted by Gasteiger charge is -2.26. The Labute approximate surface area is 168 Å². The van der Waals surface area contributed by atoms with Crippen LogP contribution < -0.4 is 9.62 Å². The fourth-order valence-electron chi connectivity index (χ4n) is 2.98. The van der Waals surface area contributed by atoms with Crippen molar-refractivity contribution in [2.45, 2.75) is 20.4 Å². The summed E-state index contributed by atoms with van der Waals surface area (Å²) in [5.41, 5.74) is 3.89. The van der Waals surface area contributed by atoms with E-state index in [4.69, 9.17) is 0 Å². The predicted octanol–water partition coefficient (Wildman–Crippen LogP) is 2.56. The summed E-state index contributed by atoms with van der Waals surface area (Å²) in [6.45, 7) is 5.36. The SMILES string of the molecule is Cc1cccc(C)c1N(Cc1ccc(C(=O)NCCN(C)C)cc1)S(C)(=O)=O. The van der Waals surface area contributed by atoms with Crippen LogP contribution in [0.1, 0.15) is 27.0 Å². The number of sulfonamides is 1. The first-order valence-corrected chi connectivity index (χ1v) is 11.0. The van der Waals surface area contributed by atoms with Crippen LogP contribution in [0.25, 0.3) is 0 Å². The van der Waals surface area contributed by atoms with Gasteiger partial charge in [0.1, 0.15) is 0 Å². The van der Waals surface area contributed by atoms with Crippen molar-refractivity contribution in [3.8, 4) is 0 Å². The molecular formula is C21H29N3O3S. The maximum atomic E-state index is 12.4. The van der Waals surface area contributed by atoms with Gasteiger partial charge in [-0.3, -0.25) is 9.10 Å². The molecule has 0 aliphatic heterocycles. The van der Waals surface area contributed by atoms with Gasteiger partial charge in [-0.2, -0.15) is 0 Å². The van der Waals surface area contributed by atoms with Gasteiger partial charge in [0, 0.05) is 18.7 Å².